The molecule has 0 aliphatic rings. The Morgan fingerprint density at radius 2 is 2.06 bits per heavy atom. The van der Waals surface area contributed by atoms with Gasteiger partial charge >= 0.3 is 0 Å². The highest BCUT2D eigenvalue weighted by atomic mass is 79.9. The minimum Gasteiger partial charge on any atom is -0.350 e. The molecule has 1 aromatic rings. The van der Waals surface area contributed by atoms with Crippen molar-refractivity contribution in [1.29, 1.82) is 0 Å². The van der Waals surface area contributed by atoms with E-state index in [4.69, 9.17) is 11.6 Å². The van der Waals surface area contributed by atoms with Crippen LogP contribution in [-0.2, 0) is 11.3 Å². The second-order valence-electron chi connectivity index (χ2n) is 5.14. The van der Waals surface area contributed by atoms with Crippen LogP contribution in [-0.4, -0.2) is 18.0 Å². The van der Waals surface area contributed by atoms with E-state index in [9.17, 15) is 4.79 Å². The van der Waals surface area contributed by atoms with E-state index in [1.165, 1.54) is 0 Å². The van der Waals surface area contributed by atoms with E-state index < -0.39 is 0 Å². The smallest absolute Gasteiger partial charge is 0.234 e. The Morgan fingerprint density at radius 3 is 2.61 bits per heavy atom. The molecule has 1 amide bonds. The molecule has 1 rings (SSSR count). The minimum absolute atomic E-state index is 0.0178. The summed E-state index contributed by atoms with van der Waals surface area (Å²) < 4.78 is 0.946. The van der Waals surface area contributed by atoms with Crippen LogP contribution >= 0.6 is 27.5 Å². The van der Waals surface area contributed by atoms with E-state index in [0.29, 0.717) is 11.6 Å². The van der Waals surface area contributed by atoms with Crippen LogP contribution < -0.4 is 10.6 Å². The summed E-state index contributed by atoms with van der Waals surface area (Å²) in [5.41, 5.74) is 0.775. The molecule has 0 aromatic heterocycles. The molecule has 0 atom stereocenters. The number of amides is 1. The van der Waals surface area contributed by atoms with Gasteiger partial charge in [0.2, 0.25) is 5.91 Å². The highest BCUT2D eigenvalue weighted by molar-refractivity contribution is 9.10. The summed E-state index contributed by atoms with van der Waals surface area (Å²) in [5.74, 6) is -0.0178. The van der Waals surface area contributed by atoms with E-state index in [0.717, 1.165) is 10.0 Å². The van der Waals surface area contributed by atoms with Gasteiger partial charge < -0.3 is 10.6 Å². The molecule has 0 saturated heterocycles. The fourth-order valence-corrected chi connectivity index (χ4v) is 2.18. The van der Waals surface area contributed by atoms with Crippen LogP contribution in [0, 0.1) is 0 Å². The number of rotatable bonds is 4. The lowest BCUT2D eigenvalue weighted by atomic mass is 10.1. The van der Waals surface area contributed by atoms with Crippen molar-refractivity contribution >= 4 is 33.4 Å². The average molecular weight is 334 g/mol. The molecule has 0 unspecified atom stereocenters. The van der Waals surface area contributed by atoms with Gasteiger partial charge in [0, 0.05) is 21.6 Å². The summed E-state index contributed by atoms with van der Waals surface area (Å²) in [5, 5.41) is 6.65. The van der Waals surface area contributed by atoms with E-state index >= 15 is 0 Å². The SMILES string of the molecule is CC(C)(C)NC(=O)CNCc1ccc(Br)cc1Cl. The number of nitrogens with one attached hydrogen (secondary N) is 2. The van der Waals surface area contributed by atoms with Crippen molar-refractivity contribution in [1.82, 2.24) is 10.6 Å². The fraction of sp³-hybridized carbons (Fsp3) is 0.462. The Hall–Kier alpha value is -0.580. The Bertz CT molecular complexity index is 429. The zero-order valence-electron chi connectivity index (χ0n) is 10.8. The van der Waals surface area contributed by atoms with E-state index in [2.05, 4.69) is 26.6 Å². The lowest BCUT2D eigenvalue weighted by Crippen LogP contribution is -2.44. The average Bonchev–Trinajstić information content (AvgIpc) is 2.18. The Balaban J connectivity index is 2.40. The van der Waals surface area contributed by atoms with Crippen LogP contribution in [0.1, 0.15) is 26.3 Å². The molecule has 100 valence electrons. The lowest BCUT2D eigenvalue weighted by Gasteiger charge is -2.20. The zero-order chi connectivity index (χ0) is 13.8. The number of hydrogen-bond donors (Lipinski definition) is 2. The van der Waals surface area contributed by atoms with Gasteiger partial charge in [-0.2, -0.15) is 0 Å². The van der Waals surface area contributed by atoms with E-state index in [-0.39, 0.29) is 18.0 Å². The van der Waals surface area contributed by atoms with Gasteiger partial charge in [0.05, 0.1) is 6.54 Å². The van der Waals surface area contributed by atoms with Crippen LogP contribution in [0.5, 0.6) is 0 Å². The van der Waals surface area contributed by atoms with Crippen molar-refractivity contribution in [3.8, 4) is 0 Å². The van der Waals surface area contributed by atoms with Crippen LogP contribution in [0.2, 0.25) is 5.02 Å². The van der Waals surface area contributed by atoms with Crippen molar-refractivity contribution in [2.45, 2.75) is 32.9 Å². The first-order chi connectivity index (χ1) is 8.28. The molecule has 0 radical (unpaired) electrons. The lowest BCUT2D eigenvalue weighted by molar-refractivity contribution is -0.121. The molecule has 5 heteroatoms. The number of halogens is 2. The molecule has 1 aromatic carbocycles. The summed E-state index contributed by atoms with van der Waals surface area (Å²) in [7, 11) is 0. The molecule has 0 bridgehead atoms. The maximum absolute atomic E-state index is 11.6. The van der Waals surface area contributed by atoms with E-state index in [1.54, 1.807) is 0 Å². The Kier molecular flexibility index (Phi) is 5.63. The van der Waals surface area contributed by atoms with Crippen molar-refractivity contribution in [3.05, 3.63) is 33.3 Å². The molecule has 18 heavy (non-hydrogen) atoms. The monoisotopic (exact) mass is 332 g/mol. The molecule has 0 aliphatic heterocycles. The van der Waals surface area contributed by atoms with Crippen LogP contribution in [0.4, 0.5) is 0 Å². The second kappa shape index (κ2) is 6.55. The molecule has 0 spiro atoms. The normalized spacial score (nSPS) is 11.4. The summed E-state index contributed by atoms with van der Waals surface area (Å²) in [4.78, 5) is 11.6. The topological polar surface area (TPSA) is 41.1 Å². The summed E-state index contributed by atoms with van der Waals surface area (Å²) >= 11 is 9.43. The molecule has 0 saturated carbocycles. The number of carbonyl (C=O) groups excluding carboxylic acids is 1. The number of hydrogen-bond acceptors (Lipinski definition) is 2. The molecule has 2 N–H and O–H groups in total. The molecule has 3 nitrogen and oxygen atoms in total. The summed E-state index contributed by atoms with van der Waals surface area (Å²) in [6, 6.07) is 5.70. The number of benzene rings is 1. The van der Waals surface area contributed by atoms with Crippen molar-refractivity contribution in [2.24, 2.45) is 0 Å². The summed E-state index contributed by atoms with van der Waals surface area (Å²) in [6.45, 7) is 6.72. The highest BCUT2D eigenvalue weighted by Crippen LogP contribution is 2.20. The highest BCUT2D eigenvalue weighted by Gasteiger charge is 2.13. The first-order valence-electron chi connectivity index (χ1n) is 5.73. The second-order valence-corrected chi connectivity index (χ2v) is 6.46. The van der Waals surface area contributed by atoms with Gasteiger partial charge in [-0.15, -0.1) is 0 Å². The maximum atomic E-state index is 11.6. The third-order valence-corrected chi connectivity index (χ3v) is 2.98. The third kappa shape index (κ3) is 5.85. The molecule has 0 heterocycles. The van der Waals surface area contributed by atoms with Crippen LogP contribution in [0.25, 0.3) is 0 Å². The van der Waals surface area contributed by atoms with Crippen LogP contribution in [0.3, 0.4) is 0 Å². The maximum Gasteiger partial charge on any atom is 0.234 e. The Morgan fingerprint density at radius 1 is 1.39 bits per heavy atom. The standard InChI is InChI=1S/C13H18BrClN2O/c1-13(2,3)17-12(18)8-16-7-9-4-5-10(14)6-11(9)15/h4-6,16H,7-8H2,1-3H3,(H,17,18). The first kappa shape index (κ1) is 15.5. The van der Waals surface area contributed by atoms with Gasteiger partial charge in [-0.25, -0.2) is 0 Å². The largest absolute Gasteiger partial charge is 0.350 e. The number of carbonyl (C=O) groups is 1. The molecular formula is C13H18BrClN2O. The predicted molar refractivity (Wildman–Crippen MR) is 78.8 cm³/mol. The van der Waals surface area contributed by atoms with Gasteiger partial charge in [0.25, 0.3) is 0 Å². The van der Waals surface area contributed by atoms with Crippen LogP contribution in [0.15, 0.2) is 22.7 Å². The fourth-order valence-electron chi connectivity index (χ4n) is 1.44. The van der Waals surface area contributed by atoms with E-state index in [1.807, 2.05) is 39.0 Å². The van der Waals surface area contributed by atoms with Gasteiger partial charge in [0.1, 0.15) is 0 Å². The Labute approximate surface area is 121 Å². The molecular weight excluding hydrogens is 316 g/mol. The van der Waals surface area contributed by atoms with Gasteiger partial charge in [0.15, 0.2) is 0 Å². The van der Waals surface area contributed by atoms with Gasteiger partial charge in [-0.05, 0) is 38.5 Å². The van der Waals surface area contributed by atoms with Gasteiger partial charge in [-0.3, -0.25) is 4.79 Å². The predicted octanol–water partition coefficient (Wildman–Crippen LogP) is 3.11. The van der Waals surface area contributed by atoms with Crippen molar-refractivity contribution in [3.63, 3.8) is 0 Å². The quantitative estimate of drug-likeness (QED) is 0.889. The van der Waals surface area contributed by atoms with Crippen molar-refractivity contribution in [2.75, 3.05) is 6.54 Å². The zero-order valence-corrected chi connectivity index (χ0v) is 13.2. The summed E-state index contributed by atoms with van der Waals surface area (Å²) in [6.07, 6.45) is 0. The first-order valence-corrected chi connectivity index (χ1v) is 6.91. The van der Waals surface area contributed by atoms with Crippen molar-refractivity contribution < 1.29 is 4.79 Å². The minimum atomic E-state index is -0.200. The third-order valence-electron chi connectivity index (χ3n) is 2.13. The van der Waals surface area contributed by atoms with Gasteiger partial charge in [-0.1, -0.05) is 33.6 Å². The molecule has 0 fully saturated rings. The molecule has 0 aliphatic carbocycles.